The van der Waals surface area contributed by atoms with Gasteiger partial charge in [0, 0.05) is 0 Å². The minimum absolute atomic E-state index is 0.0955. The second kappa shape index (κ2) is 4.61. The number of hydrogen-bond donors (Lipinski definition) is 2. The quantitative estimate of drug-likeness (QED) is 0.789. The first kappa shape index (κ1) is 12.0. The van der Waals surface area contributed by atoms with E-state index in [1.165, 1.54) is 0 Å². The maximum atomic E-state index is 11.5. The Labute approximate surface area is 89.5 Å². The summed E-state index contributed by atoms with van der Waals surface area (Å²) in [6.45, 7) is 5.66. The summed E-state index contributed by atoms with van der Waals surface area (Å²) in [6, 6.07) is 0. The summed E-state index contributed by atoms with van der Waals surface area (Å²) in [5.41, 5.74) is 0. The first-order valence-corrected chi connectivity index (χ1v) is 6.44. The topological polar surface area (TPSA) is 87.7 Å². The van der Waals surface area contributed by atoms with Crippen LogP contribution in [0.1, 0.15) is 26.1 Å². The summed E-state index contributed by atoms with van der Waals surface area (Å²) < 4.78 is 25.3. The van der Waals surface area contributed by atoms with Crippen LogP contribution in [-0.2, 0) is 10.0 Å². The van der Waals surface area contributed by atoms with Crippen LogP contribution in [0.2, 0.25) is 0 Å². The van der Waals surface area contributed by atoms with Crippen molar-refractivity contribution in [3.63, 3.8) is 0 Å². The normalized spacial score (nSPS) is 12.0. The molecule has 2 N–H and O–H groups in total. The molecular formula is C8H16N4O2S. The zero-order chi connectivity index (χ0) is 11.5. The number of aromatic nitrogens is 3. The van der Waals surface area contributed by atoms with Crippen LogP contribution in [0.4, 0.5) is 5.95 Å². The Kier molecular flexibility index (Phi) is 3.67. The van der Waals surface area contributed by atoms with Gasteiger partial charge < -0.3 is 0 Å². The van der Waals surface area contributed by atoms with Gasteiger partial charge in [0.15, 0.2) is 0 Å². The molecule has 0 aromatic carbocycles. The SMILES string of the molecule is Cc1nc(NS(=O)(=O)CCC(C)C)n[nH]1. The summed E-state index contributed by atoms with van der Waals surface area (Å²) in [6.07, 6.45) is 0.624. The van der Waals surface area contributed by atoms with Gasteiger partial charge in [0.05, 0.1) is 5.75 Å². The Morgan fingerprint density at radius 2 is 2.13 bits per heavy atom. The molecule has 0 fully saturated rings. The van der Waals surface area contributed by atoms with Crippen LogP contribution in [0.3, 0.4) is 0 Å². The van der Waals surface area contributed by atoms with Crippen molar-refractivity contribution >= 4 is 16.0 Å². The third kappa shape index (κ3) is 4.28. The molecule has 15 heavy (non-hydrogen) atoms. The molecular weight excluding hydrogens is 216 g/mol. The van der Waals surface area contributed by atoms with Crippen LogP contribution in [0.15, 0.2) is 0 Å². The average molecular weight is 232 g/mol. The van der Waals surface area contributed by atoms with Gasteiger partial charge in [0.1, 0.15) is 5.82 Å². The molecule has 1 aromatic rings. The van der Waals surface area contributed by atoms with Gasteiger partial charge in [0.2, 0.25) is 10.0 Å². The molecule has 0 unspecified atom stereocenters. The van der Waals surface area contributed by atoms with Crippen LogP contribution in [-0.4, -0.2) is 29.4 Å². The molecule has 0 aliphatic rings. The lowest BCUT2D eigenvalue weighted by atomic mass is 10.2. The van der Waals surface area contributed by atoms with Gasteiger partial charge in [-0.1, -0.05) is 13.8 Å². The fourth-order valence-corrected chi connectivity index (χ4v) is 2.22. The molecule has 6 nitrogen and oxygen atoms in total. The van der Waals surface area contributed by atoms with Crippen LogP contribution in [0.25, 0.3) is 0 Å². The number of sulfonamides is 1. The predicted molar refractivity (Wildman–Crippen MR) is 58.0 cm³/mol. The van der Waals surface area contributed by atoms with E-state index in [2.05, 4.69) is 19.9 Å². The summed E-state index contributed by atoms with van der Waals surface area (Å²) in [5.74, 6) is 1.14. The molecule has 0 spiro atoms. The summed E-state index contributed by atoms with van der Waals surface area (Å²) >= 11 is 0. The van der Waals surface area contributed by atoms with Crippen LogP contribution in [0.5, 0.6) is 0 Å². The number of aromatic amines is 1. The first-order valence-electron chi connectivity index (χ1n) is 4.78. The van der Waals surface area contributed by atoms with Gasteiger partial charge in [-0.25, -0.2) is 13.1 Å². The van der Waals surface area contributed by atoms with E-state index in [4.69, 9.17) is 0 Å². The summed E-state index contributed by atoms with van der Waals surface area (Å²) in [7, 11) is -3.31. The van der Waals surface area contributed by atoms with Crippen molar-refractivity contribution in [1.29, 1.82) is 0 Å². The summed E-state index contributed by atoms with van der Waals surface area (Å²) in [4.78, 5) is 3.87. The van der Waals surface area contributed by atoms with Crippen molar-refractivity contribution in [3.8, 4) is 0 Å². The van der Waals surface area contributed by atoms with Crippen molar-refractivity contribution in [2.75, 3.05) is 10.5 Å². The van der Waals surface area contributed by atoms with Crippen LogP contribution < -0.4 is 4.72 Å². The number of anilines is 1. The molecule has 0 bridgehead atoms. The molecule has 7 heteroatoms. The van der Waals surface area contributed by atoms with E-state index in [1.54, 1.807) is 6.92 Å². The van der Waals surface area contributed by atoms with Gasteiger partial charge in [-0.05, 0) is 19.3 Å². The standard InChI is InChI=1S/C8H16N4O2S/c1-6(2)4-5-15(13,14)12-8-9-7(3)10-11-8/h6H,4-5H2,1-3H3,(H2,9,10,11,12). The minimum Gasteiger partial charge on any atom is -0.261 e. The monoisotopic (exact) mass is 232 g/mol. The molecule has 0 amide bonds. The van der Waals surface area contributed by atoms with Crippen LogP contribution >= 0.6 is 0 Å². The maximum Gasteiger partial charge on any atom is 0.255 e. The number of H-pyrrole nitrogens is 1. The molecule has 0 aliphatic carbocycles. The fourth-order valence-electron chi connectivity index (χ4n) is 0.969. The zero-order valence-corrected chi connectivity index (χ0v) is 9.93. The Morgan fingerprint density at radius 1 is 1.47 bits per heavy atom. The Hall–Kier alpha value is -1.11. The smallest absolute Gasteiger partial charge is 0.255 e. The second-order valence-corrected chi connectivity index (χ2v) is 5.69. The third-order valence-corrected chi connectivity index (χ3v) is 3.07. The molecule has 0 saturated carbocycles. The lowest BCUT2D eigenvalue weighted by Crippen LogP contribution is -2.18. The highest BCUT2D eigenvalue weighted by molar-refractivity contribution is 7.92. The second-order valence-electron chi connectivity index (χ2n) is 3.85. The van der Waals surface area contributed by atoms with Gasteiger partial charge in [-0.15, -0.1) is 5.10 Å². The highest BCUT2D eigenvalue weighted by atomic mass is 32.2. The van der Waals surface area contributed by atoms with Gasteiger partial charge >= 0.3 is 0 Å². The molecule has 0 aliphatic heterocycles. The molecule has 0 saturated heterocycles. The predicted octanol–water partition coefficient (Wildman–Crippen LogP) is 0.901. The molecule has 86 valence electrons. The van der Waals surface area contributed by atoms with Crippen molar-refractivity contribution in [3.05, 3.63) is 5.82 Å². The number of aryl methyl sites for hydroxylation is 1. The Balaban J connectivity index is 2.57. The largest absolute Gasteiger partial charge is 0.261 e. The van der Waals surface area contributed by atoms with Gasteiger partial charge in [0.25, 0.3) is 5.95 Å². The Morgan fingerprint density at radius 3 is 2.60 bits per heavy atom. The van der Waals surface area contributed by atoms with E-state index >= 15 is 0 Å². The minimum atomic E-state index is -3.31. The van der Waals surface area contributed by atoms with Crippen molar-refractivity contribution in [1.82, 2.24) is 15.2 Å². The highest BCUT2D eigenvalue weighted by Crippen LogP contribution is 2.06. The summed E-state index contributed by atoms with van der Waals surface area (Å²) in [5, 5.41) is 6.27. The highest BCUT2D eigenvalue weighted by Gasteiger charge is 2.13. The van der Waals surface area contributed by atoms with Crippen LogP contribution in [0, 0.1) is 12.8 Å². The molecule has 0 atom stereocenters. The molecule has 1 aromatic heterocycles. The van der Waals surface area contributed by atoms with E-state index < -0.39 is 10.0 Å². The van der Waals surface area contributed by atoms with Gasteiger partial charge in [-0.3, -0.25) is 5.10 Å². The first-order chi connectivity index (χ1) is 6.89. The van der Waals surface area contributed by atoms with E-state index in [1.807, 2.05) is 13.8 Å². The number of nitrogens with zero attached hydrogens (tertiary/aromatic N) is 2. The van der Waals surface area contributed by atoms with E-state index in [-0.39, 0.29) is 11.7 Å². The maximum absolute atomic E-state index is 11.5. The van der Waals surface area contributed by atoms with Crippen molar-refractivity contribution in [2.45, 2.75) is 27.2 Å². The molecule has 0 radical (unpaired) electrons. The molecule has 1 rings (SSSR count). The number of hydrogen-bond acceptors (Lipinski definition) is 4. The number of nitrogens with one attached hydrogen (secondary N) is 2. The van der Waals surface area contributed by atoms with E-state index in [0.717, 1.165) is 0 Å². The van der Waals surface area contributed by atoms with E-state index in [0.29, 0.717) is 18.2 Å². The lowest BCUT2D eigenvalue weighted by molar-refractivity contribution is 0.577. The third-order valence-electron chi connectivity index (χ3n) is 1.81. The fraction of sp³-hybridized carbons (Fsp3) is 0.750. The number of rotatable bonds is 5. The van der Waals surface area contributed by atoms with E-state index in [9.17, 15) is 8.42 Å². The Bertz CT molecular complexity index is 410. The zero-order valence-electron chi connectivity index (χ0n) is 9.11. The van der Waals surface area contributed by atoms with Crippen molar-refractivity contribution in [2.24, 2.45) is 5.92 Å². The molecule has 1 heterocycles. The average Bonchev–Trinajstić information content (AvgIpc) is 2.47. The van der Waals surface area contributed by atoms with Gasteiger partial charge in [-0.2, -0.15) is 4.98 Å². The lowest BCUT2D eigenvalue weighted by Gasteiger charge is -2.05. The van der Waals surface area contributed by atoms with Crippen molar-refractivity contribution < 1.29 is 8.42 Å².